The van der Waals surface area contributed by atoms with Crippen molar-refractivity contribution in [2.24, 2.45) is 5.73 Å². The molecule has 0 fully saturated rings. The fourth-order valence-corrected chi connectivity index (χ4v) is 1.67. The van der Waals surface area contributed by atoms with Gasteiger partial charge in [-0.3, -0.25) is 0 Å². The van der Waals surface area contributed by atoms with Crippen LogP contribution < -0.4 is 5.73 Å². The molecule has 2 aromatic rings. The van der Waals surface area contributed by atoms with Crippen molar-refractivity contribution in [2.75, 3.05) is 0 Å². The molecule has 0 bridgehead atoms. The first-order valence-electron chi connectivity index (χ1n) is 5.34. The van der Waals surface area contributed by atoms with Crippen LogP contribution in [0, 0.1) is 6.92 Å². The zero-order chi connectivity index (χ0) is 11.4. The summed E-state index contributed by atoms with van der Waals surface area (Å²) < 4.78 is 0. The lowest BCUT2D eigenvalue weighted by Gasteiger charge is -2.03. The fraction of sp³-hybridized carbons (Fsp3) is 0.231. The molecule has 1 heterocycles. The molecule has 0 aliphatic carbocycles. The molecule has 0 spiro atoms. The summed E-state index contributed by atoms with van der Waals surface area (Å²) in [7, 11) is 0. The minimum atomic E-state index is 0.391. The summed E-state index contributed by atoms with van der Waals surface area (Å²) in [5, 5.41) is 0. The number of hydrogen-bond donors (Lipinski definition) is 1. The smallest absolute Gasteiger partial charge is 0.142 e. The monoisotopic (exact) mass is 213 g/mol. The van der Waals surface area contributed by atoms with Crippen molar-refractivity contribution in [1.82, 2.24) is 9.97 Å². The second-order valence-electron chi connectivity index (χ2n) is 3.83. The Labute approximate surface area is 95.4 Å². The molecule has 1 aromatic heterocycles. The maximum atomic E-state index is 5.51. The third-order valence-corrected chi connectivity index (χ3v) is 2.41. The van der Waals surface area contributed by atoms with Gasteiger partial charge in [-0.15, -0.1) is 0 Å². The van der Waals surface area contributed by atoms with Crippen LogP contribution in [0.1, 0.15) is 22.6 Å². The van der Waals surface area contributed by atoms with Crippen LogP contribution in [0.3, 0.4) is 0 Å². The molecule has 0 unspecified atom stereocenters. The highest BCUT2D eigenvalue weighted by atomic mass is 14.9. The molecule has 0 radical (unpaired) electrons. The van der Waals surface area contributed by atoms with Gasteiger partial charge >= 0.3 is 0 Å². The average Bonchev–Trinajstić information content (AvgIpc) is 2.29. The molecule has 0 saturated carbocycles. The van der Waals surface area contributed by atoms with Crippen LogP contribution in [0.4, 0.5) is 0 Å². The van der Waals surface area contributed by atoms with Crippen LogP contribution in [-0.2, 0) is 13.0 Å². The van der Waals surface area contributed by atoms with Crippen molar-refractivity contribution in [2.45, 2.75) is 19.9 Å². The van der Waals surface area contributed by atoms with Crippen LogP contribution in [0.25, 0.3) is 0 Å². The quantitative estimate of drug-likeness (QED) is 0.846. The van der Waals surface area contributed by atoms with Gasteiger partial charge in [0.2, 0.25) is 0 Å². The summed E-state index contributed by atoms with van der Waals surface area (Å²) >= 11 is 0. The average molecular weight is 213 g/mol. The highest BCUT2D eigenvalue weighted by molar-refractivity contribution is 5.26. The zero-order valence-corrected chi connectivity index (χ0v) is 9.35. The van der Waals surface area contributed by atoms with Gasteiger partial charge in [-0.1, -0.05) is 29.8 Å². The van der Waals surface area contributed by atoms with Crippen molar-refractivity contribution >= 4 is 0 Å². The molecule has 3 heteroatoms. The van der Waals surface area contributed by atoms with E-state index in [0.717, 1.165) is 12.1 Å². The molecule has 1 aromatic carbocycles. The Morgan fingerprint density at radius 3 is 2.88 bits per heavy atom. The molecule has 16 heavy (non-hydrogen) atoms. The normalized spacial score (nSPS) is 10.4. The summed E-state index contributed by atoms with van der Waals surface area (Å²) in [5.41, 5.74) is 9.06. The van der Waals surface area contributed by atoms with Crippen molar-refractivity contribution in [3.05, 3.63) is 59.2 Å². The minimum Gasteiger partial charge on any atom is -0.324 e. The van der Waals surface area contributed by atoms with Gasteiger partial charge in [0, 0.05) is 18.3 Å². The van der Waals surface area contributed by atoms with E-state index in [1.54, 1.807) is 6.20 Å². The number of nitrogens with zero attached hydrogens (tertiary/aromatic N) is 2. The van der Waals surface area contributed by atoms with Crippen LogP contribution in [0.2, 0.25) is 0 Å². The van der Waals surface area contributed by atoms with E-state index < -0.39 is 0 Å². The maximum absolute atomic E-state index is 5.51. The van der Waals surface area contributed by atoms with E-state index in [1.807, 2.05) is 6.07 Å². The van der Waals surface area contributed by atoms with E-state index in [0.29, 0.717) is 12.4 Å². The van der Waals surface area contributed by atoms with E-state index in [9.17, 15) is 0 Å². The van der Waals surface area contributed by atoms with Crippen LogP contribution in [0.5, 0.6) is 0 Å². The second-order valence-corrected chi connectivity index (χ2v) is 3.83. The van der Waals surface area contributed by atoms with Gasteiger partial charge in [0.15, 0.2) is 0 Å². The van der Waals surface area contributed by atoms with Crippen LogP contribution in [-0.4, -0.2) is 9.97 Å². The van der Waals surface area contributed by atoms with E-state index >= 15 is 0 Å². The van der Waals surface area contributed by atoms with Gasteiger partial charge in [0.05, 0.1) is 6.54 Å². The molecule has 0 aliphatic rings. The SMILES string of the molecule is Cc1cccc(Cc2ccnc(CN)n2)c1. The van der Waals surface area contributed by atoms with E-state index in [-0.39, 0.29) is 0 Å². The summed E-state index contributed by atoms with van der Waals surface area (Å²) in [6.45, 7) is 2.48. The van der Waals surface area contributed by atoms with Gasteiger partial charge in [-0.2, -0.15) is 0 Å². The number of rotatable bonds is 3. The summed E-state index contributed by atoms with van der Waals surface area (Å²) in [6.07, 6.45) is 2.59. The van der Waals surface area contributed by atoms with Gasteiger partial charge < -0.3 is 5.73 Å². The summed E-state index contributed by atoms with van der Waals surface area (Å²) in [6, 6.07) is 10.4. The Balaban J connectivity index is 2.20. The van der Waals surface area contributed by atoms with Gasteiger partial charge in [0.1, 0.15) is 5.82 Å². The predicted octanol–water partition coefficient (Wildman–Crippen LogP) is 1.83. The number of aromatic nitrogens is 2. The van der Waals surface area contributed by atoms with Crippen molar-refractivity contribution < 1.29 is 0 Å². The minimum absolute atomic E-state index is 0.391. The molecule has 0 amide bonds. The standard InChI is InChI=1S/C13H15N3/c1-10-3-2-4-11(7-10)8-12-5-6-15-13(9-14)16-12/h2-7H,8-9,14H2,1H3. The molecule has 2 rings (SSSR count). The number of aryl methyl sites for hydroxylation is 1. The lowest BCUT2D eigenvalue weighted by molar-refractivity contribution is 0.875. The lowest BCUT2D eigenvalue weighted by atomic mass is 10.1. The Morgan fingerprint density at radius 1 is 1.25 bits per heavy atom. The Hall–Kier alpha value is -1.74. The predicted molar refractivity (Wildman–Crippen MR) is 63.9 cm³/mol. The first kappa shape index (κ1) is 10.8. The first-order valence-corrected chi connectivity index (χ1v) is 5.34. The molecule has 0 saturated heterocycles. The highest BCUT2D eigenvalue weighted by Gasteiger charge is 2.00. The molecule has 2 N–H and O–H groups in total. The molecule has 0 aliphatic heterocycles. The number of nitrogens with two attached hydrogens (primary N) is 1. The maximum Gasteiger partial charge on any atom is 0.142 e. The number of hydrogen-bond acceptors (Lipinski definition) is 3. The Morgan fingerprint density at radius 2 is 2.12 bits per heavy atom. The molecular weight excluding hydrogens is 198 g/mol. The van der Waals surface area contributed by atoms with E-state index in [2.05, 4.69) is 41.2 Å². The van der Waals surface area contributed by atoms with E-state index in [1.165, 1.54) is 11.1 Å². The third kappa shape index (κ3) is 2.64. The first-order chi connectivity index (χ1) is 7.78. The van der Waals surface area contributed by atoms with E-state index in [4.69, 9.17) is 5.73 Å². The summed E-state index contributed by atoms with van der Waals surface area (Å²) in [5.74, 6) is 0.699. The van der Waals surface area contributed by atoms with Crippen LogP contribution >= 0.6 is 0 Å². The molecule has 3 nitrogen and oxygen atoms in total. The van der Waals surface area contributed by atoms with Gasteiger partial charge in [-0.25, -0.2) is 9.97 Å². The Bertz CT molecular complexity index is 480. The molecule has 0 atom stereocenters. The number of benzene rings is 1. The molecular formula is C13H15N3. The van der Waals surface area contributed by atoms with Gasteiger partial charge in [0.25, 0.3) is 0 Å². The lowest BCUT2D eigenvalue weighted by Crippen LogP contribution is -2.05. The highest BCUT2D eigenvalue weighted by Crippen LogP contribution is 2.09. The molecule has 82 valence electrons. The zero-order valence-electron chi connectivity index (χ0n) is 9.35. The second kappa shape index (κ2) is 4.86. The summed E-state index contributed by atoms with van der Waals surface area (Å²) in [4.78, 5) is 8.46. The largest absolute Gasteiger partial charge is 0.324 e. The van der Waals surface area contributed by atoms with Crippen molar-refractivity contribution in [1.29, 1.82) is 0 Å². The van der Waals surface area contributed by atoms with Crippen molar-refractivity contribution in [3.63, 3.8) is 0 Å². The Kier molecular flexibility index (Phi) is 3.27. The van der Waals surface area contributed by atoms with Crippen molar-refractivity contribution in [3.8, 4) is 0 Å². The van der Waals surface area contributed by atoms with Crippen LogP contribution in [0.15, 0.2) is 36.5 Å². The van der Waals surface area contributed by atoms with Gasteiger partial charge in [-0.05, 0) is 18.6 Å². The fourth-order valence-electron chi connectivity index (χ4n) is 1.67. The third-order valence-electron chi connectivity index (χ3n) is 2.41. The topological polar surface area (TPSA) is 51.8 Å².